The van der Waals surface area contributed by atoms with E-state index in [9.17, 15) is 4.79 Å². The summed E-state index contributed by atoms with van der Waals surface area (Å²) >= 11 is 0. The number of amides is 1. The first-order chi connectivity index (χ1) is 6.16. The van der Waals surface area contributed by atoms with Gasteiger partial charge in [-0.1, -0.05) is 12.2 Å². The molecule has 0 aromatic heterocycles. The summed E-state index contributed by atoms with van der Waals surface area (Å²) in [4.78, 5) is 11.1. The molecule has 0 spiro atoms. The summed E-state index contributed by atoms with van der Waals surface area (Å²) in [5.74, 6) is 2.63. The molecule has 0 saturated carbocycles. The van der Waals surface area contributed by atoms with Crippen molar-refractivity contribution >= 4 is 5.91 Å². The Morgan fingerprint density at radius 3 is 2.77 bits per heavy atom. The molecule has 0 aromatic carbocycles. The van der Waals surface area contributed by atoms with Crippen molar-refractivity contribution in [2.75, 3.05) is 6.54 Å². The molecule has 0 aliphatic carbocycles. The van der Waals surface area contributed by atoms with Crippen molar-refractivity contribution < 1.29 is 4.79 Å². The average molecular weight is 179 g/mol. The molecular formula is C11H17NO. The molecule has 0 heterocycles. The van der Waals surface area contributed by atoms with Gasteiger partial charge in [-0.3, -0.25) is 4.79 Å². The van der Waals surface area contributed by atoms with Crippen molar-refractivity contribution in [1.82, 2.24) is 5.32 Å². The smallest absolute Gasteiger partial charge is 0.220 e. The van der Waals surface area contributed by atoms with E-state index in [-0.39, 0.29) is 5.91 Å². The van der Waals surface area contributed by atoms with Crippen LogP contribution < -0.4 is 5.32 Å². The van der Waals surface area contributed by atoms with Crippen LogP contribution >= 0.6 is 0 Å². The number of terminal acetylenes is 1. The lowest BCUT2D eigenvalue weighted by molar-refractivity contribution is -0.121. The summed E-state index contributed by atoms with van der Waals surface area (Å²) in [6.07, 6.45) is 8.20. The third-order valence-electron chi connectivity index (χ3n) is 1.56. The van der Waals surface area contributed by atoms with Crippen molar-refractivity contribution in [3.63, 3.8) is 0 Å². The zero-order valence-corrected chi connectivity index (χ0v) is 8.23. The number of carbonyl (C=O) groups is 1. The van der Waals surface area contributed by atoms with E-state index in [1.54, 1.807) is 0 Å². The third-order valence-corrected chi connectivity index (χ3v) is 1.56. The molecule has 0 saturated heterocycles. The van der Waals surface area contributed by atoms with Crippen LogP contribution in [0.5, 0.6) is 0 Å². The summed E-state index contributed by atoms with van der Waals surface area (Å²) in [5.41, 5.74) is 0.969. The first kappa shape index (κ1) is 11.8. The molecule has 2 heteroatoms. The summed E-state index contributed by atoms with van der Waals surface area (Å²) in [6.45, 7) is 6.16. The number of hydrogen-bond acceptors (Lipinski definition) is 1. The standard InChI is InChI=1S/C11H17NO/c1-4-5-6-7-8-11(13)12-9-10(2)3/h1H,2,5-9H2,3H3,(H,12,13). The van der Waals surface area contributed by atoms with E-state index in [0.29, 0.717) is 13.0 Å². The summed E-state index contributed by atoms with van der Waals surface area (Å²) < 4.78 is 0. The van der Waals surface area contributed by atoms with Crippen LogP contribution in [0, 0.1) is 12.3 Å². The molecule has 2 nitrogen and oxygen atoms in total. The average Bonchev–Trinajstić information content (AvgIpc) is 2.09. The minimum absolute atomic E-state index is 0.0834. The van der Waals surface area contributed by atoms with E-state index in [4.69, 9.17) is 6.42 Å². The molecule has 1 N–H and O–H groups in total. The Hall–Kier alpha value is -1.23. The SMILES string of the molecule is C#CCCCCC(=O)NCC(=C)C. The zero-order chi connectivity index (χ0) is 10.1. The van der Waals surface area contributed by atoms with E-state index in [1.807, 2.05) is 6.92 Å². The highest BCUT2D eigenvalue weighted by Crippen LogP contribution is 1.98. The van der Waals surface area contributed by atoms with Gasteiger partial charge in [-0.05, 0) is 19.8 Å². The van der Waals surface area contributed by atoms with Crippen molar-refractivity contribution in [1.29, 1.82) is 0 Å². The molecule has 0 aromatic rings. The zero-order valence-electron chi connectivity index (χ0n) is 8.23. The fourth-order valence-electron chi connectivity index (χ4n) is 0.850. The second-order valence-electron chi connectivity index (χ2n) is 3.15. The number of carbonyl (C=O) groups excluding carboxylic acids is 1. The largest absolute Gasteiger partial charge is 0.352 e. The number of nitrogens with one attached hydrogen (secondary N) is 1. The highest BCUT2D eigenvalue weighted by molar-refractivity contribution is 5.76. The minimum Gasteiger partial charge on any atom is -0.352 e. The van der Waals surface area contributed by atoms with E-state index in [1.165, 1.54) is 0 Å². The van der Waals surface area contributed by atoms with Crippen molar-refractivity contribution in [2.45, 2.75) is 32.6 Å². The molecule has 0 aliphatic heterocycles. The molecule has 72 valence electrons. The van der Waals surface area contributed by atoms with Crippen LogP contribution in [0.15, 0.2) is 12.2 Å². The molecule has 0 unspecified atom stereocenters. The Bertz CT molecular complexity index is 213. The second kappa shape index (κ2) is 7.42. The van der Waals surface area contributed by atoms with E-state index >= 15 is 0 Å². The van der Waals surface area contributed by atoms with Gasteiger partial charge in [-0.2, -0.15) is 0 Å². The maximum atomic E-state index is 11.1. The van der Waals surface area contributed by atoms with Gasteiger partial charge in [0.2, 0.25) is 5.91 Å². The molecular weight excluding hydrogens is 162 g/mol. The van der Waals surface area contributed by atoms with Crippen LogP contribution in [0.4, 0.5) is 0 Å². The molecule has 0 radical (unpaired) electrons. The first-order valence-electron chi connectivity index (χ1n) is 4.51. The maximum Gasteiger partial charge on any atom is 0.220 e. The fraction of sp³-hybridized carbons (Fsp3) is 0.545. The Morgan fingerprint density at radius 1 is 1.54 bits per heavy atom. The van der Waals surface area contributed by atoms with Crippen LogP contribution in [0.2, 0.25) is 0 Å². The second-order valence-corrected chi connectivity index (χ2v) is 3.15. The lowest BCUT2D eigenvalue weighted by atomic mass is 10.2. The van der Waals surface area contributed by atoms with Crippen molar-refractivity contribution in [3.05, 3.63) is 12.2 Å². The topological polar surface area (TPSA) is 29.1 Å². The predicted octanol–water partition coefficient (Wildman–Crippen LogP) is 1.87. The molecule has 0 aliphatic rings. The monoisotopic (exact) mass is 179 g/mol. The summed E-state index contributed by atoms with van der Waals surface area (Å²) in [6, 6.07) is 0. The number of hydrogen-bond donors (Lipinski definition) is 1. The lowest BCUT2D eigenvalue weighted by Crippen LogP contribution is -2.24. The summed E-state index contributed by atoms with van der Waals surface area (Å²) in [5, 5.41) is 2.77. The Morgan fingerprint density at radius 2 is 2.23 bits per heavy atom. The molecule has 0 rings (SSSR count). The Labute approximate surface area is 80.4 Å². The van der Waals surface area contributed by atoms with Crippen molar-refractivity contribution in [2.24, 2.45) is 0 Å². The molecule has 13 heavy (non-hydrogen) atoms. The van der Waals surface area contributed by atoms with Gasteiger partial charge in [-0.25, -0.2) is 0 Å². The van der Waals surface area contributed by atoms with Gasteiger partial charge in [-0.15, -0.1) is 12.3 Å². The van der Waals surface area contributed by atoms with Crippen LogP contribution in [0.3, 0.4) is 0 Å². The molecule has 0 bridgehead atoms. The summed E-state index contributed by atoms with van der Waals surface area (Å²) in [7, 11) is 0. The van der Waals surface area contributed by atoms with Gasteiger partial charge in [0.15, 0.2) is 0 Å². The van der Waals surface area contributed by atoms with Crippen LogP contribution in [-0.4, -0.2) is 12.5 Å². The van der Waals surface area contributed by atoms with Crippen molar-refractivity contribution in [3.8, 4) is 12.3 Å². The van der Waals surface area contributed by atoms with Gasteiger partial charge < -0.3 is 5.32 Å². The Kier molecular flexibility index (Phi) is 6.72. The number of rotatable bonds is 6. The highest BCUT2D eigenvalue weighted by Gasteiger charge is 1.98. The van der Waals surface area contributed by atoms with E-state index < -0.39 is 0 Å². The van der Waals surface area contributed by atoms with Crippen LogP contribution in [0.25, 0.3) is 0 Å². The maximum absolute atomic E-state index is 11.1. The predicted molar refractivity (Wildman–Crippen MR) is 55.1 cm³/mol. The van der Waals surface area contributed by atoms with Gasteiger partial charge >= 0.3 is 0 Å². The van der Waals surface area contributed by atoms with E-state index in [2.05, 4.69) is 17.8 Å². The van der Waals surface area contributed by atoms with Gasteiger partial charge in [0.05, 0.1) is 0 Å². The van der Waals surface area contributed by atoms with Gasteiger partial charge in [0.1, 0.15) is 0 Å². The van der Waals surface area contributed by atoms with Gasteiger partial charge in [0.25, 0.3) is 0 Å². The molecule has 0 atom stereocenters. The Balaban J connectivity index is 3.31. The number of unbranched alkanes of at least 4 members (excludes halogenated alkanes) is 2. The highest BCUT2D eigenvalue weighted by atomic mass is 16.1. The fourth-order valence-corrected chi connectivity index (χ4v) is 0.850. The van der Waals surface area contributed by atoms with Gasteiger partial charge in [0, 0.05) is 19.4 Å². The normalized spacial score (nSPS) is 8.92. The minimum atomic E-state index is 0.0834. The lowest BCUT2D eigenvalue weighted by Gasteiger charge is -2.03. The van der Waals surface area contributed by atoms with Crippen LogP contribution in [0.1, 0.15) is 32.6 Å². The molecule has 1 amide bonds. The first-order valence-corrected chi connectivity index (χ1v) is 4.51. The quantitative estimate of drug-likeness (QED) is 0.376. The van der Waals surface area contributed by atoms with Crippen LogP contribution in [-0.2, 0) is 4.79 Å². The molecule has 0 fully saturated rings. The third kappa shape index (κ3) is 8.68. The van der Waals surface area contributed by atoms with E-state index in [0.717, 1.165) is 24.8 Å².